The second-order valence-corrected chi connectivity index (χ2v) is 6.29. The second-order valence-electron chi connectivity index (χ2n) is 5.44. The Morgan fingerprint density at radius 2 is 1.89 bits per heavy atom. The molecule has 0 unspecified atom stereocenters. The van der Waals surface area contributed by atoms with Crippen molar-refractivity contribution in [2.45, 2.75) is 20.3 Å². The van der Waals surface area contributed by atoms with Crippen LogP contribution >= 0.6 is 23.2 Å². The standard InChI is InChI=1S/C19H21Cl2N3O3/c1-3-9-27-18-16(21)10-13(11-17(18)26-4-2)12-22-24-19(25)23-15-7-5-14(20)6-8-15/h5-8,10-12H,3-4,9H2,1-2H3,(H2,23,24,25)/b22-12-. The Balaban J connectivity index is 2.02. The Morgan fingerprint density at radius 3 is 2.56 bits per heavy atom. The molecule has 8 heteroatoms. The van der Waals surface area contributed by atoms with Crippen LogP contribution in [0.5, 0.6) is 11.5 Å². The monoisotopic (exact) mass is 409 g/mol. The van der Waals surface area contributed by atoms with Crippen LogP contribution in [0.15, 0.2) is 41.5 Å². The van der Waals surface area contributed by atoms with Gasteiger partial charge in [0, 0.05) is 10.7 Å². The lowest BCUT2D eigenvalue weighted by Gasteiger charge is -2.13. The molecule has 2 aromatic carbocycles. The first-order valence-corrected chi connectivity index (χ1v) is 9.23. The molecule has 0 radical (unpaired) electrons. The summed E-state index contributed by atoms with van der Waals surface area (Å²) in [4.78, 5) is 11.9. The fraction of sp³-hybridized carbons (Fsp3) is 0.263. The first-order chi connectivity index (χ1) is 13.0. The van der Waals surface area contributed by atoms with E-state index in [4.69, 9.17) is 32.7 Å². The zero-order valence-electron chi connectivity index (χ0n) is 15.1. The number of hydrogen-bond acceptors (Lipinski definition) is 4. The molecule has 0 atom stereocenters. The Bertz CT molecular complexity index is 796. The van der Waals surface area contributed by atoms with Gasteiger partial charge < -0.3 is 14.8 Å². The van der Waals surface area contributed by atoms with Crippen LogP contribution in [0.4, 0.5) is 10.5 Å². The van der Waals surface area contributed by atoms with E-state index in [1.54, 1.807) is 36.4 Å². The first kappa shape index (κ1) is 20.9. The lowest BCUT2D eigenvalue weighted by molar-refractivity contribution is 0.252. The largest absolute Gasteiger partial charge is 0.490 e. The van der Waals surface area contributed by atoms with E-state index in [9.17, 15) is 4.79 Å². The molecule has 0 aliphatic heterocycles. The molecule has 0 aliphatic carbocycles. The Labute approximate surface area is 168 Å². The molecule has 2 N–H and O–H groups in total. The molecule has 0 saturated heterocycles. The predicted octanol–water partition coefficient (Wildman–Crippen LogP) is 5.34. The molecule has 0 aromatic heterocycles. The SMILES string of the molecule is CCCOc1c(Cl)cc(/C=N\NC(=O)Nc2ccc(Cl)cc2)cc1OCC. The van der Waals surface area contributed by atoms with Crippen molar-refractivity contribution in [1.29, 1.82) is 0 Å². The highest BCUT2D eigenvalue weighted by atomic mass is 35.5. The Kier molecular flexibility index (Phi) is 8.23. The van der Waals surface area contributed by atoms with Gasteiger partial charge in [-0.05, 0) is 55.3 Å². The fourth-order valence-corrected chi connectivity index (χ4v) is 2.53. The third kappa shape index (κ3) is 6.66. The summed E-state index contributed by atoms with van der Waals surface area (Å²) in [5, 5.41) is 7.57. The minimum Gasteiger partial charge on any atom is -0.490 e. The molecule has 0 saturated carbocycles. The summed E-state index contributed by atoms with van der Waals surface area (Å²) in [7, 11) is 0. The average Bonchev–Trinajstić information content (AvgIpc) is 2.63. The highest BCUT2D eigenvalue weighted by Crippen LogP contribution is 2.36. The van der Waals surface area contributed by atoms with E-state index in [1.807, 2.05) is 13.8 Å². The summed E-state index contributed by atoms with van der Waals surface area (Å²) in [5.74, 6) is 1.04. The van der Waals surface area contributed by atoms with Crippen molar-refractivity contribution in [2.75, 3.05) is 18.5 Å². The number of ether oxygens (including phenoxy) is 2. The number of carbonyl (C=O) groups is 1. The summed E-state index contributed by atoms with van der Waals surface area (Å²) in [6, 6.07) is 9.70. The Morgan fingerprint density at radius 1 is 1.15 bits per heavy atom. The van der Waals surface area contributed by atoms with Crippen LogP contribution < -0.4 is 20.2 Å². The maximum absolute atomic E-state index is 11.9. The third-order valence-electron chi connectivity index (χ3n) is 3.26. The molecule has 2 amide bonds. The van der Waals surface area contributed by atoms with Crippen LogP contribution in [-0.4, -0.2) is 25.5 Å². The van der Waals surface area contributed by atoms with Crippen molar-refractivity contribution in [3.05, 3.63) is 52.0 Å². The zero-order chi connectivity index (χ0) is 19.6. The van der Waals surface area contributed by atoms with Crippen molar-refractivity contribution in [3.63, 3.8) is 0 Å². The van der Waals surface area contributed by atoms with Crippen LogP contribution in [-0.2, 0) is 0 Å². The number of hydrazone groups is 1. The second kappa shape index (κ2) is 10.6. The summed E-state index contributed by atoms with van der Waals surface area (Å²) in [5.41, 5.74) is 3.65. The van der Waals surface area contributed by atoms with Crippen molar-refractivity contribution < 1.29 is 14.3 Å². The lowest BCUT2D eigenvalue weighted by Crippen LogP contribution is -2.24. The molecule has 27 heavy (non-hydrogen) atoms. The molecule has 0 fully saturated rings. The van der Waals surface area contributed by atoms with E-state index in [2.05, 4.69) is 15.8 Å². The van der Waals surface area contributed by atoms with Crippen LogP contribution in [0, 0.1) is 0 Å². The zero-order valence-corrected chi connectivity index (χ0v) is 16.6. The summed E-state index contributed by atoms with van der Waals surface area (Å²) in [6.45, 7) is 4.90. The van der Waals surface area contributed by atoms with Gasteiger partial charge in [-0.2, -0.15) is 5.10 Å². The smallest absolute Gasteiger partial charge is 0.339 e. The number of nitrogens with one attached hydrogen (secondary N) is 2. The summed E-state index contributed by atoms with van der Waals surface area (Å²) < 4.78 is 11.2. The maximum atomic E-state index is 11.9. The number of halogens is 2. The van der Waals surface area contributed by atoms with Gasteiger partial charge in [-0.3, -0.25) is 0 Å². The van der Waals surface area contributed by atoms with Gasteiger partial charge in [0.1, 0.15) is 0 Å². The van der Waals surface area contributed by atoms with Gasteiger partial charge in [0.15, 0.2) is 11.5 Å². The van der Waals surface area contributed by atoms with Crippen molar-refractivity contribution in [1.82, 2.24) is 5.43 Å². The van der Waals surface area contributed by atoms with Gasteiger partial charge in [-0.25, -0.2) is 10.2 Å². The maximum Gasteiger partial charge on any atom is 0.339 e. The van der Waals surface area contributed by atoms with E-state index < -0.39 is 6.03 Å². The molecule has 2 aromatic rings. The number of anilines is 1. The van der Waals surface area contributed by atoms with Crippen molar-refractivity contribution in [3.8, 4) is 11.5 Å². The number of urea groups is 1. The number of nitrogens with zero attached hydrogens (tertiary/aromatic N) is 1. The van der Waals surface area contributed by atoms with Crippen LogP contribution in [0.25, 0.3) is 0 Å². The van der Waals surface area contributed by atoms with Gasteiger partial charge in [0.2, 0.25) is 0 Å². The molecular weight excluding hydrogens is 389 g/mol. The number of benzene rings is 2. The molecule has 0 spiro atoms. The minimum atomic E-state index is -0.479. The normalized spacial score (nSPS) is 10.7. The van der Waals surface area contributed by atoms with E-state index in [0.29, 0.717) is 46.0 Å². The van der Waals surface area contributed by atoms with Crippen molar-refractivity contribution in [2.24, 2.45) is 5.10 Å². The third-order valence-corrected chi connectivity index (χ3v) is 3.80. The van der Waals surface area contributed by atoms with Gasteiger partial charge >= 0.3 is 6.03 Å². The number of hydrogen-bond donors (Lipinski definition) is 2. The van der Waals surface area contributed by atoms with Crippen molar-refractivity contribution >= 4 is 41.1 Å². The molecule has 0 heterocycles. The number of rotatable bonds is 8. The average molecular weight is 410 g/mol. The number of carbonyl (C=O) groups excluding carboxylic acids is 1. The molecular formula is C19H21Cl2N3O3. The van der Waals surface area contributed by atoms with Crippen LogP contribution in [0.1, 0.15) is 25.8 Å². The minimum absolute atomic E-state index is 0.418. The topological polar surface area (TPSA) is 72.0 Å². The number of amides is 2. The van der Waals surface area contributed by atoms with Gasteiger partial charge in [0.25, 0.3) is 0 Å². The predicted molar refractivity (Wildman–Crippen MR) is 110 cm³/mol. The van der Waals surface area contributed by atoms with Gasteiger partial charge in [0.05, 0.1) is 24.5 Å². The summed E-state index contributed by atoms with van der Waals surface area (Å²) >= 11 is 12.1. The molecule has 2 rings (SSSR count). The summed E-state index contributed by atoms with van der Waals surface area (Å²) in [6.07, 6.45) is 2.33. The molecule has 6 nitrogen and oxygen atoms in total. The first-order valence-electron chi connectivity index (χ1n) is 8.48. The van der Waals surface area contributed by atoms with Gasteiger partial charge in [-0.1, -0.05) is 30.1 Å². The molecule has 0 bridgehead atoms. The van der Waals surface area contributed by atoms with E-state index >= 15 is 0 Å². The fourth-order valence-electron chi connectivity index (χ4n) is 2.13. The van der Waals surface area contributed by atoms with E-state index in [1.165, 1.54) is 6.21 Å². The van der Waals surface area contributed by atoms with E-state index in [-0.39, 0.29) is 0 Å². The highest BCUT2D eigenvalue weighted by molar-refractivity contribution is 6.32. The highest BCUT2D eigenvalue weighted by Gasteiger charge is 2.12. The molecule has 0 aliphatic rings. The quantitative estimate of drug-likeness (QED) is 0.456. The van der Waals surface area contributed by atoms with Gasteiger partial charge in [-0.15, -0.1) is 0 Å². The molecule has 144 valence electrons. The van der Waals surface area contributed by atoms with E-state index in [0.717, 1.165) is 6.42 Å². The van der Waals surface area contributed by atoms with Crippen LogP contribution in [0.2, 0.25) is 10.0 Å². The Hall–Kier alpha value is -2.44. The van der Waals surface area contributed by atoms with Crippen LogP contribution in [0.3, 0.4) is 0 Å². The lowest BCUT2D eigenvalue weighted by atomic mass is 10.2.